The Bertz CT molecular complexity index is 1540. The molecule has 2 aromatic heterocycles. The summed E-state index contributed by atoms with van der Waals surface area (Å²) in [7, 11) is 0. The van der Waals surface area contributed by atoms with Crippen LogP contribution in [0.3, 0.4) is 0 Å². The summed E-state index contributed by atoms with van der Waals surface area (Å²) in [6.07, 6.45) is 1.81. The monoisotopic (exact) mass is 458 g/mol. The number of hydrogen-bond acceptors (Lipinski definition) is 4. The Labute approximate surface area is 193 Å². The van der Waals surface area contributed by atoms with E-state index in [1.54, 1.807) is 47.9 Å². The van der Waals surface area contributed by atoms with Gasteiger partial charge in [-0.25, -0.2) is 13.8 Å². The lowest BCUT2D eigenvalue weighted by atomic mass is 9.99. The number of Topliss-reactive ketones (excluding diaryl/α,β-unsaturated/α-hetero) is 1. The second-order valence-electron chi connectivity index (χ2n) is 8.02. The lowest BCUT2D eigenvalue weighted by molar-refractivity contribution is 0.0987. The first-order valence-electron chi connectivity index (χ1n) is 10.7. The molecule has 7 heteroatoms. The number of fused-ring (bicyclic) bond motifs is 2. The number of hydrogen-bond donors (Lipinski definition) is 1. The minimum atomic E-state index is -0.691. The smallest absolute Gasteiger partial charge is 0.185 e. The van der Waals surface area contributed by atoms with Crippen LogP contribution in [0.1, 0.15) is 27.3 Å². The second-order valence-corrected chi connectivity index (χ2v) is 8.02. The predicted octanol–water partition coefficient (Wildman–Crippen LogP) is 5.78. The molecule has 0 amide bonds. The van der Waals surface area contributed by atoms with Crippen molar-refractivity contribution in [3.05, 3.63) is 107 Å². The molecule has 0 saturated carbocycles. The van der Waals surface area contributed by atoms with Crippen LogP contribution < -0.4 is 4.74 Å². The van der Waals surface area contributed by atoms with Crippen LogP contribution in [0.15, 0.2) is 72.9 Å². The van der Waals surface area contributed by atoms with Crippen LogP contribution in [-0.2, 0) is 13.0 Å². The van der Waals surface area contributed by atoms with Gasteiger partial charge in [0, 0.05) is 12.6 Å². The zero-order chi connectivity index (χ0) is 23.8. The minimum absolute atomic E-state index is 0.112. The average molecular weight is 458 g/mol. The maximum atomic E-state index is 14.0. The normalized spacial score (nSPS) is 11.3. The number of imidazole rings is 1. The Morgan fingerprint density at radius 1 is 1.03 bits per heavy atom. The molecule has 0 aliphatic carbocycles. The Hall–Kier alpha value is -4.26. The van der Waals surface area contributed by atoms with Gasteiger partial charge in [0.05, 0.1) is 11.3 Å². The van der Waals surface area contributed by atoms with Crippen LogP contribution in [0.5, 0.6) is 11.5 Å². The van der Waals surface area contributed by atoms with Gasteiger partial charge in [0.1, 0.15) is 29.7 Å². The highest BCUT2D eigenvalue weighted by molar-refractivity contribution is 6.00. The van der Waals surface area contributed by atoms with Crippen molar-refractivity contribution in [1.29, 1.82) is 0 Å². The highest BCUT2D eigenvalue weighted by Crippen LogP contribution is 2.27. The van der Waals surface area contributed by atoms with Crippen LogP contribution >= 0.6 is 0 Å². The number of phenolic OH excluding ortho intramolecular Hbond substituents is 1. The highest BCUT2D eigenvalue weighted by Gasteiger charge is 2.20. The van der Waals surface area contributed by atoms with E-state index in [2.05, 4.69) is 4.98 Å². The van der Waals surface area contributed by atoms with Gasteiger partial charge < -0.3 is 9.84 Å². The molecular formula is C27H20F2N2O3. The third kappa shape index (κ3) is 3.85. The standard InChI is InChI=1S/C27H20F2N2O3/c1-16-26(24(33)13-18-6-2-5-17-10-11-19(32)14-20(17)18)31-12-4-9-25(27(31)30-16)34-15-21-22(28)7-3-8-23(21)29/h2-12,14,32H,13,15H2,1H3. The van der Waals surface area contributed by atoms with Crippen molar-refractivity contribution in [3.63, 3.8) is 0 Å². The van der Waals surface area contributed by atoms with Gasteiger partial charge in [-0.15, -0.1) is 0 Å². The number of rotatable bonds is 6. The molecule has 34 heavy (non-hydrogen) atoms. The Morgan fingerprint density at radius 2 is 1.79 bits per heavy atom. The van der Waals surface area contributed by atoms with E-state index in [0.29, 0.717) is 22.8 Å². The number of ether oxygens (including phenoxy) is 1. The summed E-state index contributed by atoms with van der Waals surface area (Å²) in [5, 5.41) is 11.6. The molecule has 5 rings (SSSR count). The lowest BCUT2D eigenvalue weighted by Gasteiger charge is -2.10. The maximum absolute atomic E-state index is 14.0. The Balaban J connectivity index is 1.48. The van der Waals surface area contributed by atoms with E-state index in [9.17, 15) is 18.7 Å². The molecule has 0 atom stereocenters. The molecule has 0 spiro atoms. The molecule has 0 fully saturated rings. The summed E-state index contributed by atoms with van der Waals surface area (Å²) >= 11 is 0. The fourth-order valence-corrected chi connectivity index (χ4v) is 4.16. The summed E-state index contributed by atoms with van der Waals surface area (Å²) in [4.78, 5) is 17.9. The lowest BCUT2D eigenvalue weighted by Crippen LogP contribution is -2.09. The number of carbonyl (C=O) groups is 1. The van der Waals surface area contributed by atoms with E-state index in [-0.39, 0.29) is 30.1 Å². The molecule has 0 unspecified atom stereocenters. The summed E-state index contributed by atoms with van der Waals surface area (Å²) in [6, 6.07) is 17.7. The van der Waals surface area contributed by atoms with Gasteiger partial charge in [-0.1, -0.05) is 30.3 Å². The van der Waals surface area contributed by atoms with Gasteiger partial charge in [-0.3, -0.25) is 9.20 Å². The molecule has 2 heterocycles. The minimum Gasteiger partial charge on any atom is -0.508 e. The molecule has 0 saturated heterocycles. The first-order chi connectivity index (χ1) is 16.4. The number of ketones is 1. The number of nitrogens with zero attached hydrogens (tertiary/aromatic N) is 2. The van der Waals surface area contributed by atoms with Crippen LogP contribution in [0.2, 0.25) is 0 Å². The third-order valence-electron chi connectivity index (χ3n) is 5.79. The van der Waals surface area contributed by atoms with Crippen molar-refractivity contribution in [2.45, 2.75) is 20.0 Å². The van der Waals surface area contributed by atoms with E-state index in [1.165, 1.54) is 18.2 Å². The first-order valence-corrected chi connectivity index (χ1v) is 10.7. The van der Waals surface area contributed by atoms with Crippen LogP contribution in [0.4, 0.5) is 8.78 Å². The van der Waals surface area contributed by atoms with Gasteiger partial charge in [0.25, 0.3) is 0 Å². The molecule has 0 radical (unpaired) electrons. The number of phenols is 1. The Morgan fingerprint density at radius 3 is 2.59 bits per heavy atom. The third-order valence-corrected chi connectivity index (χ3v) is 5.79. The number of aromatic nitrogens is 2. The highest BCUT2D eigenvalue weighted by atomic mass is 19.1. The SMILES string of the molecule is Cc1nc2c(OCc3c(F)cccc3F)cccn2c1C(=O)Cc1cccc2ccc(O)cc12. The molecule has 5 nitrogen and oxygen atoms in total. The van der Waals surface area contributed by atoms with Gasteiger partial charge in [-0.05, 0) is 59.7 Å². The van der Waals surface area contributed by atoms with E-state index in [0.717, 1.165) is 16.3 Å². The van der Waals surface area contributed by atoms with Crippen molar-refractivity contribution < 1.29 is 23.4 Å². The van der Waals surface area contributed by atoms with Crippen molar-refractivity contribution in [2.24, 2.45) is 0 Å². The maximum Gasteiger partial charge on any atom is 0.185 e. The topological polar surface area (TPSA) is 63.8 Å². The molecule has 5 aromatic rings. The molecule has 0 aliphatic heterocycles. The number of halogens is 2. The van der Waals surface area contributed by atoms with Gasteiger partial charge >= 0.3 is 0 Å². The summed E-state index contributed by atoms with van der Waals surface area (Å²) in [6.45, 7) is 1.42. The van der Waals surface area contributed by atoms with Crippen LogP contribution in [0.25, 0.3) is 16.4 Å². The quantitative estimate of drug-likeness (QED) is 0.328. The Kier molecular flexibility index (Phi) is 5.45. The molecule has 1 N–H and O–H groups in total. The van der Waals surface area contributed by atoms with Gasteiger partial charge in [0.15, 0.2) is 17.2 Å². The fourth-order valence-electron chi connectivity index (χ4n) is 4.16. The van der Waals surface area contributed by atoms with Crippen molar-refractivity contribution in [2.75, 3.05) is 0 Å². The number of pyridine rings is 1. The summed E-state index contributed by atoms with van der Waals surface area (Å²) in [5.74, 6) is -1.10. The van der Waals surface area contributed by atoms with Gasteiger partial charge in [-0.2, -0.15) is 0 Å². The fraction of sp³-hybridized carbons (Fsp3) is 0.111. The molecule has 3 aromatic carbocycles. The van der Waals surface area contributed by atoms with Crippen molar-refractivity contribution >= 4 is 22.2 Å². The molecule has 170 valence electrons. The molecular weight excluding hydrogens is 438 g/mol. The number of aromatic hydroxyl groups is 1. The van der Waals surface area contributed by atoms with E-state index >= 15 is 0 Å². The van der Waals surface area contributed by atoms with Crippen LogP contribution in [-0.4, -0.2) is 20.3 Å². The summed E-state index contributed by atoms with van der Waals surface area (Å²) < 4.78 is 35.3. The van der Waals surface area contributed by atoms with Gasteiger partial charge in [0.2, 0.25) is 0 Å². The van der Waals surface area contributed by atoms with E-state index in [4.69, 9.17) is 4.74 Å². The van der Waals surface area contributed by atoms with Crippen molar-refractivity contribution in [3.8, 4) is 11.5 Å². The summed E-state index contributed by atoms with van der Waals surface area (Å²) in [5.41, 5.74) is 1.91. The number of benzene rings is 3. The number of aryl methyl sites for hydroxylation is 1. The average Bonchev–Trinajstić information content (AvgIpc) is 3.15. The predicted molar refractivity (Wildman–Crippen MR) is 124 cm³/mol. The van der Waals surface area contributed by atoms with Crippen LogP contribution in [0, 0.1) is 18.6 Å². The molecule has 0 bridgehead atoms. The largest absolute Gasteiger partial charge is 0.508 e. The zero-order valence-electron chi connectivity index (χ0n) is 18.3. The van der Waals surface area contributed by atoms with Crippen molar-refractivity contribution in [1.82, 2.24) is 9.38 Å². The molecule has 0 aliphatic rings. The number of carbonyl (C=O) groups excluding carboxylic acids is 1. The van der Waals surface area contributed by atoms with E-state index < -0.39 is 11.6 Å². The zero-order valence-corrected chi connectivity index (χ0v) is 18.3. The first kappa shape index (κ1) is 21.6. The van der Waals surface area contributed by atoms with E-state index in [1.807, 2.05) is 18.2 Å². The second kappa shape index (κ2) is 8.59.